The van der Waals surface area contributed by atoms with Crippen LogP contribution in [0, 0.1) is 3.57 Å². The van der Waals surface area contributed by atoms with Crippen LogP contribution >= 0.6 is 33.9 Å². The van der Waals surface area contributed by atoms with Gasteiger partial charge in [-0.05, 0) is 65.2 Å². The van der Waals surface area contributed by atoms with E-state index in [9.17, 15) is 0 Å². The van der Waals surface area contributed by atoms with Crippen LogP contribution in [0.5, 0.6) is 5.75 Å². The summed E-state index contributed by atoms with van der Waals surface area (Å²) in [7, 11) is 3.72. The fourth-order valence-corrected chi connectivity index (χ4v) is 3.24. The normalized spacial score (nSPS) is 12.4. The van der Waals surface area contributed by atoms with Crippen LogP contribution in [0.1, 0.15) is 16.5 Å². The second kappa shape index (κ2) is 6.54. The highest BCUT2D eigenvalue weighted by Crippen LogP contribution is 2.32. The minimum absolute atomic E-state index is 0.306. The molecular formula is C14H16INOS. The van der Waals surface area contributed by atoms with Gasteiger partial charge in [0, 0.05) is 9.61 Å². The van der Waals surface area contributed by atoms with Crippen molar-refractivity contribution in [2.45, 2.75) is 12.5 Å². The van der Waals surface area contributed by atoms with E-state index in [2.05, 4.69) is 57.6 Å². The van der Waals surface area contributed by atoms with Crippen LogP contribution in [-0.2, 0) is 6.42 Å². The summed E-state index contributed by atoms with van der Waals surface area (Å²) in [6, 6.07) is 11.0. The molecule has 0 aliphatic heterocycles. The summed E-state index contributed by atoms with van der Waals surface area (Å²) in [6.07, 6.45) is 0.976. The average Bonchev–Trinajstić information content (AvgIpc) is 2.86. The first kappa shape index (κ1) is 13.8. The zero-order valence-corrected chi connectivity index (χ0v) is 13.4. The molecule has 1 atom stereocenters. The molecule has 96 valence electrons. The Bertz CT molecular complexity index is 495. The number of nitrogens with one attached hydrogen (secondary N) is 1. The molecule has 0 fully saturated rings. The molecule has 0 aliphatic carbocycles. The molecule has 0 saturated carbocycles. The van der Waals surface area contributed by atoms with Crippen molar-refractivity contribution in [3.8, 4) is 5.75 Å². The van der Waals surface area contributed by atoms with Crippen LogP contribution in [0.3, 0.4) is 0 Å². The van der Waals surface area contributed by atoms with Gasteiger partial charge in [0.05, 0.1) is 12.0 Å². The summed E-state index contributed by atoms with van der Waals surface area (Å²) in [4.78, 5) is 1.26. The number of ether oxygens (including phenoxy) is 1. The van der Waals surface area contributed by atoms with Gasteiger partial charge in [0.2, 0.25) is 0 Å². The van der Waals surface area contributed by atoms with E-state index in [1.165, 1.54) is 14.0 Å². The lowest BCUT2D eigenvalue weighted by Crippen LogP contribution is -2.18. The van der Waals surface area contributed by atoms with E-state index < -0.39 is 0 Å². The van der Waals surface area contributed by atoms with Gasteiger partial charge in [-0.3, -0.25) is 0 Å². The summed E-state index contributed by atoms with van der Waals surface area (Å²) in [5, 5.41) is 5.45. The predicted octanol–water partition coefficient (Wildman–Crippen LogP) is 3.86. The number of hydrogen-bond acceptors (Lipinski definition) is 3. The van der Waals surface area contributed by atoms with Crippen molar-refractivity contribution in [1.29, 1.82) is 0 Å². The molecule has 0 aliphatic rings. The van der Waals surface area contributed by atoms with Gasteiger partial charge in [-0.2, -0.15) is 0 Å². The molecule has 1 aromatic heterocycles. The molecule has 2 aromatic rings. The fourth-order valence-electron chi connectivity index (χ4n) is 1.91. The largest absolute Gasteiger partial charge is 0.496 e. The van der Waals surface area contributed by atoms with Crippen molar-refractivity contribution < 1.29 is 4.74 Å². The van der Waals surface area contributed by atoms with Crippen LogP contribution < -0.4 is 10.1 Å². The quantitative estimate of drug-likeness (QED) is 0.804. The number of hydrogen-bond donors (Lipinski definition) is 1. The molecule has 0 radical (unpaired) electrons. The maximum Gasteiger partial charge on any atom is 0.134 e. The maximum atomic E-state index is 5.39. The molecule has 1 N–H and O–H groups in total. The van der Waals surface area contributed by atoms with Gasteiger partial charge < -0.3 is 10.1 Å². The van der Waals surface area contributed by atoms with Crippen molar-refractivity contribution in [3.05, 3.63) is 49.7 Å². The lowest BCUT2D eigenvalue weighted by atomic mass is 10.0. The van der Waals surface area contributed by atoms with Gasteiger partial charge in [0.1, 0.15) is 5.75 Å². The smallest absolute Gasteiger partial charge is 0.134 e. The molecule has 0 bridgehead atoms. The minimum atomic E-state index is 0.306. The first-order chi connectivity index (χ1) is 8.74. The lowest BCUT2D eigenvalue weighted by molar-refractivity contribution is 0.405. The van der Waals surface area contributed by atoms with Gasteiger partial charge in [-0.15, -0.1) is 11.3 Å². The number of rotatable bonds is 5. The standard InChI is InChI=1S/C14H16INOS/c1-16-12(14-13(17-2)7-8-18-14)9-10-3-5-11(15)6-4-10/h3-8,12,16H,9H2,1-2H3. The highest BCUT2D eigenvalue weighted by atomic mass is 127. The molecule has 4 heteroatoms. The summed E-state index contributed by atoms with van der Waals surface area (Å²) in [6.45, 7) is 0. The molecule has 2 nitrogen and oxygen atoms in total. The molecule has 0 spiro atoms. The average molecular weight is 373 g/mol. The van der Waals surface area contributed by atoms with E-state index in [0.717, 1.165) is 12.2 Å². The highest BCUT2D eigenvalue weighted by molar-refractivity contribution is 14.1. The van der Waals surface area contributed by atoms with Crippen molar-refractivity contribution >= 4 is 33.9 Å². The Morgan fingerprint density at radius 1 is 1.28 bits per heavy atom. The van der Waals surface area contributed by atoms with Crippen molar-refractivity contribution in [3.63, 3.8) is 0 Å². The third kappa shape index (κ3) is 3.24. The molecule has 0 saturated heterocycles. The van der Waals surface area contributed by atoms with Gasteiger partial charge in [0.15, 0.2) is 0 Å². The van der Waals surface area contributed by atoms with Crippen LogP contribution in [-0.4, -0.2) is 14.2 Å². The highest BCUT2D eigenvalue weighted by Gasteiger charge is 2.16. The third-order valence-electron chi connectivity index (χ3n) is 2.90. The Morgan fingerprint density at radius 2 is 2.00 bits per heavy atom. The summed E-state index contributed by atoms with van der Waals surface area (Å²) in [5.41, 5.74) is 1.34. The van der Waals surface area contributed by atoms with Gasteiger partial charge >= 0.3 is 0 Å². The van der Waals surface area contributed by atoms with E-state index in [1.54, 1.807) is 18.4 Å². The number of thiophene rings is 1. The molecule has 0 amide bonds. The minimum Gasteiger partial charge on any atom is -0.496 e. The zero-order chi connectivity index (χ0) is 13.0. The summed E-state index contributed by atoms with van der Waals surface area (Å²) < 4.78 is 6.66. The number of methoxy groups -OCH3 is 1. The second-order valence-electron chi connectivity index (χ2n) is 4.03. The number of likely N-dealkylation sites (N-methyl/N-ethyl adjacent to an activating group) is 1. The zero-order valence-electron chi connectivity index (χ0n) is 10.4. The topological polar surface area (TPSA) is 21.3 Å². The Hall–Kier alpha value is -0.590. The molecule has 18 heavy (non-hydrogen) atoms. The Kier molecular flexibility index (Phi) is 5.03. The number of halogens is 1. The van der Waals surface area contributed by atoms with E-state index >= 15 is 0 Å². The van der Waals surface area contributed by atoms with E-state index in [0.29, 0.717) is 6.04 Å². The Labute approximate surface area is 126 Å². The van der Waals surface area contributed by atoms with Crippen LogP contribution in [0.2, 0.25) is 0 Å². The maximum absolute atomic E-state index is 5.39. The van der Waals surface area contributed by atoms with Crippen molar-refractivity contribution in [2.75, 3.05) is 14.2 Å². The Balaban J connectivity index is 2.17. The Morgan fingerprint density at radius 3 is 2.61 bits per heavy atom. The molecule has 1 aromatic carbocycles. The van der Waals surface area contributed by atoms with Crippen LogP contribution in [0.25, 0.3) is 0 Å². The van der Waals surface area contributed by atoms with Crippen LogP contribution in [0.15, 0.2) is 35.7 Å². The monoisotopic (exact) mass is 373 g/mol. The fraction of sp³-hybridized carbons (Fsp3) is 0.286. The van der Waals surface area contributed by atoms with Gasteiger partial charge in [-0.1, -0.05) is 12.1 Å². The first-order valence-electron chi connectivity index (χ1n) is 5.77. The predicted molar refractivity (Wildman–Crippen MR) is 85.5 cm³/mol. The molecule has 1 heterocycles. The number of benzene rings is 1. The second-order valence-corrected chi connectivity index (χ2v) is 6.22. The van der Waals surface area contributed by atoms with Crippen molar-refractivity contribution in [2.24, 2.45) is 0 Å². The van der Waals surface area contributed by atoms with Crippen molar-refractivity contribution in [1.82, 2.24) is 5.32 Å². The van der Waals surface area contributed by atoms with Crippen LogP contribution in [0.4, 0.5) is 0 Å². The molecule has 2 rings (SSSR count). The van der Waals surface area contributed by atoms with Gasteiger partial charge in [-0.25, -0.2) is 0 Å². The van der Waals surface area contributed by atoms with E-state index in [4.69, 9.17) is 4.74 Å². The van der Waals surface area contributed by atoms with E-state index in [-0.39, 0.29) is 0 Å². The SMILES string of the molecule is CNC(Cc1ccc(I)cc1)c1sccc1OC. The van der Waals surface area contributed by atoms with E-state index in [1.807, 2.05) is 13.1 Å². The third-order valence-corrected chi connectivity index (χ3v) is 4.63. The first-order valence-corrected chi connectivity index (χ1v) is 7.73. The summed E-state index contributed by atoms with van der Waals surface area (Å²) in [5.74, 6) is 0.977. The van der Waals surface area contributed by atoms with Gasteiger partial charge in [0.25, 0.3) is 0 Å². The summed E-state index contributed by atoms with van der Waals surface area (Å²) >= 11 is 4.07. The molecule has 1 unspecified atom stereocenters. The molecular weight excluding hydrogens is 357 g/mol. The lowest BCUT2D eigenvalue weighted by Gasteiger charge is -2.16.